The number of esters is 1. The van der Waals surface area contributed by atoms with Gasteiger partial charge in [-0.3, -0.25) is 9.59 Å². The first-order chi connectivity index (χ1) is 7.99. The number of hydrogen-bond donors (Lipinski definition) is 1. The molecule has 106 valence electrons. The number of carbonyl (C=O) groups excluding carboxylic acids is 2. The van der Waals surface area contributed by atoms with Gasteiger partial charge in [0, 0.05) is 19.2 Å². The Labute approximate surface area is 108 Å². The van der Waals surface area contributed by atoms with Crippen molar-refractivity contribution in [3.05, 3.63) is 0 Å². The first-order valence-electron chi connectivity index (χ1n) is 5.66. The van der Waals surface area contributed by atoms with Crippen LogP contribution in [0.4, 0.5) is 0 Å². The van der Waals surface area contributed by atoms with Gasteiger partial charge in [0.2, 0.25) is 5.91 Å². The summed E-state index contributed by atoms with van der Waals surface area (Å²) in [5.74, 6) is -0.907. The number of carbonyl (C=O) groups is 2. The molecule has 6 nitrogen and oxygen atoms in total. The second kappa shape index (κ2) is 6.72. The third kappa shape index (κ3) is 11.4. The summed E-state index contributed by atoms with van der Waals surface area (Å²) in [6.07, 6.45) is 1.08. The molecule has 0 heterocycles. The van der Waals surface area contributed by atoms with E-state index < -0.39 is 21.4 Å². The van der Waals surface area contributed by atoms with Crippen molar-refractivity contribution >= 4 is 21.7 Å². The van der Waals surface area contributed by atoms with E-state index in [0.29, 0.717) is 0 Å². The molecule has 0 saturated heterocycles. The SMILES string of the molecule is CC(C)(C)OC(=O)CCC(=O)NCCS(C)(=O)=O. The zero-order valence-electron chi connectivity index (χ0n) is 11.3. The largest absolute Gasteiger partial charge is 0.460 e. The molecule has 0 rings (SSSR count). The van der Waals surface area contributed by atoms with Crippen molar-refractivity contribution in [3.63, 3.8) is 0 Å². The Kier molecular flexibility index (Phi) is 6.31. The minimum absolute atomic E-state index is 0.00131. The Hall–Kier alpha value is -1.11. The zero-order valence-corrected chi connectivity index (χ0v) is 12.1. The van der Waals surface area contributed by atoms with Crippen LogP contribution in [0.3, 0.4) is 0 Å². The maximum absolute atomic E-state index is 11.3. The van der Waals surface area contributed by atoms with Crippen LogP contribution >= 0.6 is 0 Å². The summed E-state index contributed by atoms with van der Waals surface area (Å²) < 4.78 is 26.7. The number of ether oxygens (including phenoxy) is 1. The average Bonchev–Trinajstić information content (AvgIpc) is 2.09. The number of sulfone groups is 1. The van der Waals surface area contributed by atoms with E-state index in [1.807, 2.05) is 0 Å². The topological polar surface area (TPSA) is 89.5 Å². The van der Waals surface area contributed by atoms with Gasteiger partial charge >= 0.3 is 5.97 Å². The fraction of sp³-hybridized carbons (Fsp3) is 0.818. The highest BCUT2D eigenvalue weighted by atomic mass is 32.2. The van der Waals surface area contributed by atoms with Gasteiger partial charge in [-0.25, -0.2) is 8.42 Å². The molecule has 0 atom stereocenters. The summed E-state index contributed by atoms with van der Waals surface area (Å²) in [5, 5.41) is 2.43. The quantitative estimate of drug-likeness (QED) is 0.705. The second-order valence-electron chi connectivity index (χ2n) is 5.07. The summed E-state index contributed by atoms with van der Waals surface area (Å²) in [7, 11) is -3.08. The van der Waals surface area contributed by atoms with Gasteiger partial charge in [-0.15, -0.1) is 0 Å². The number of rotatable bonds is 6. The van der Waals surface area contributed by atoms with Gasteiger partial charge < -0.3 is 10.1 Å². The molecule has 1 N–H and O–H groups in total. The first kappa shape index (κ1) is 16.9. The van der Waals surface area contributed by atoms with Gasteiger partial charge in [-0.2, -0.15) is 0 Å². The van der Waals surface area contributed by atoms with Crippen LogP contribution in [0.25, 0.3) is 0 Å². The Morgan fingerprint density at radius 3 is 2.17 bits per heavy atom. The third-order valence-corrected chi connectivity index (χ3v) is 2.72. The smallest absolute Gasteiger partial charge is 0.306 e. The van der Waals surface area contributed by atoms with Gasteiger partial charge in [0.25, 0.3) is 0 Å². The first-order valence-corrected chi connectivity index (χ1v) is 7.72. The summed E-state index contributed by atoms with van der Waals surface area (Å²) in [6.45, 7) is 5.30. The van der Waals surface area contributed by atoms with Crippen LogP contribution < -0.4 is 5.32 Å². The molecular weight excluding hydrogens is 258 g/mol. The van der Waals surface area contributed by atoms with Crippen LogP contribution in [-0.4, -0.2) is 44.4 Å². The predicted molar refractivity (Wildman–Crippen MR) is 67.8 cm³/mol. The third-order valence-electron chi connectivity index (χ3n) is 1.77. The Balaban J connectivity index is 3.81. The molecule has 0 aliphatic heterocycles. The van der Waals surface area contributed by atoms with E-state index in [1.54, 1.807) is 20.8 Å². The fourth-order valence-electron chi connectivity index (χ4n) is 1.07. The fourth-order valence-corrected chi connectivity index (χ4v) is 1.55. The van der Waals surface area contributed by atoms with Crippen LogP contribution in [-0.2, 0) is 24.2 Å². The zero-order chi connectivity index (χ0) is 14.4. The number of amides is 1. The lowest BCUT2D eigenvalue weighted by Crippen LogP contribution is -2.30. The van der Waals surface area contributed by atoms with Crippen LogP contribution in [0.1, 0.15) is 33.6 Å². The lowest BCUT2D eigenvalue weighted by molar-refractivity contribution is -0.155. The highest BCUT2D eigenvalue weighted by Gasteiger charge is 2.17. The molecule has 18 heavy (non-hydrogen) atoms. The number of hydrogen-bond acceptors (Lipinski definition) is 5. The van der Waals surface area contributed by atoms with Crippen molar-refractivity contribution in [3.8, 4) is 0 Å². The van der Waals surface area contributed by atoms with Gasteiger partial charge in [-0.05, 0) is 20.8 Å². The molecule has 0 aromatic heterocycles. The molecule has 0 saturated carbocycles. The van der Waals surface area contributed by atoms with E-state index in [9.17, 15) is 18.0 Å². The summed E-state index contributed by atoms with van der Waals surface area (Å²) in [5.41, 5.74) is -0.566. The highest BCUT2D eigenvalue weighted by molar-refractivity contribution is 7.90. The minimum Gasteiger partial charge on any atom is -0.460 e. The molecule has 1 amide bonds. The Morgan fingerprint density at radius 2 is 1.72 bits per heavy atom. The normalized spacial score (nSPS) is 12.0. The van der Waals surface area contributed by atoms with E-state index in [-0.39, 0.29) is 31.0 Å². The van der Waals surface area contributed by atoms with E-state index >= 15 is 0 Å². The lowest BCUT2D eigenvalue weighted by Gasteiger charge is -2.19. The van der Waals surface area contributed by atoms with Gasteiger partial charge in [0.15, 0.2) is 0 Å². The molecule has 0 spiro atoms. The molecule has 0 radical (unpaired) electrons. The second-order valence-corrected chi connectivity index (χ2v) is 7.33. The standard InChI is InChI=1S/C11H21NO5S/c1-11(2,3)17-10(14)6-5-9(13)12-7-8-18(4,15)16/h5-8H2,1-4H3,(H,12,13). The van der Waals surface area contributed by atoms with Gasteiger partial charge in [-0.1, -0.05) is 0 Å². The summed E-state index contributed by atoms with van der Waals surface area (Å²) >= 11 is 0. The maximum Gasteiger partial charge on any atom is 0.306 e. The van der Waals surface area contributed by atoms with Gasteiger partial charge in [0.1, 0.15) is 15.4 Å². The maximum atomic E-state index is 11.3. The van der Waals surface area contributed by atoms with Crippen molar-refractivity contribution < 1.29 is 22.7 Å². The van der Waals surface area contributed by atoms with Crippen LogP contribution in [0.2, 0.25) is 0 Å². The average molecular weight is 279 g/mol. The van der Waals surface area contributed by atoms with Crippen molar-refractivity contribution in [2.75, 3.05) is 18.6 Å². The molecule has 0 aromatic rings. The molecule has 0 fully saturated rings. The van der Waals surface area contributed by atoms with Crippen LogP contribution in [0, 0.1) is 0 Å². The Morgan fingerprint density at radius 1 is 1.17 bits per heavy atom. The van der Waals surface area contributed by atoms with Crippen LogP contribution in [0.5, 0.6) is 0 Å². The molecule has 0 aliphatic rings. The predicted octanol–water partition coefficient (Wildman–Crippen LogP) is 0.269. The number of nitrogens with one attached hydrogen (secondary N) is 1. The molecule has 0 unspecified atom stereocenters. The lowest BCUT2D eigenvalue weighted by atomic mass is 10.2. The molecule has 0 bridgehead atoms. The highest BCUT2D eigenvalue weighted by Crippen LogP contribution is 2.08. The van der Waals surface area contributed by atoms with E-state index in [0.717, 1.165) is 6.26 Å². The van der Waals surface area contributed by atoms with Crippen molar-refractivity contribution in [1.29, 1.82) is 0 Å². The molecule has 7 heteroatoms. The molecule has 0 aliphatic carbocycles. The van der Waals surface area contributed by atoms with E-state index in [1.165, 1.54) is 0 Å². The summed E-state index contributed by atoms with van der Waals surface area (Å²) in [4.78, 5) is 22.6. The monoisotopic (exact) mass is 279 g/mol. The van der Waals surface area contributed by atoms with E-state index in [4.69, 9.17) is 4.74 Å². The summed E-state index contributed by atoms with van der Waals surface area (Å²) in [6, 6.07) is 0. The Bertz CT molecular complexity index is 394. The molecule has 0 aromatic carbocycles. The van der Waals surface area contributed by atoms with Gasteiger partial charge in [0.05, 0.1) is 12.2 Å². The van der Waals surface area contributed by atoms with Crippen molar-refractivity contribution in [2.24, 2.45) is 0 Å². The van der Waals surface area contributed by atoms with Crippen LogP contribution in [0.15, 0.2) is 0 Å². The minimum atomic E-state index is -3.08. The van der Waals surface area contributed by atoms with Crippen molar-refractivity contribution in [1.82, 2.24) is 5.32 Å². The van der Waals surface area contributed by atoms with Crippen molar-refractivity contribution in [2.45, 2.75) is 39.2 Å². The van der Waals surface area contributed by atoms with E-state index in [2.05, 4.69) is 5.32 Å². The molecular formula is C11H21NO5S.